The zero-order chi connectivity index (χ0) is 7.07. The molecule has 0 aromatic carbocycles. The predicted octanol–water partition coefficient (Wildman–Crippen LogP) is 1.31. The SMILES string of the molecule is CC(C)N1OOC1(C)C. The summed E-state index contributed by atoms with van der Waals surface area (Å²) in [6.45, 7) is 8.06. The van der Waals surface area contributed by atoms with Gasteiger partial charge in [-0.1, -0.05) is 0 Å². The normalized spacial score (nSPS) is 26.3. The fourth-order valence-electron chi connectivity index (χ4n) is 0.937. The standard InChI is InChI=1S/C6H13NO2/c1-5(2)7-6(3,4)8-9-7/h5H,1-4H3. The highest BCUT2D eigenvalue weighted by Gasteiger charge is 2.42. The van der Waals surface area contributed by atoms with Gasteiger partial charge in [0.2, 0.25) is 0 Å². The molecule has 3 nitrogen and oxygen atoms in total. The van der Waals surface area contributed by atoms with E-state index in [0.29, 0.717) is 6.04 Å². The van der Waals surface area contributed by atoms with Gasteiger partial charge >= 0.3 is 0 Å². The minimum absolute atomic E-state index is 0.228. The van der Waals surface area contributed by atoms with Gasteiger partial charge < -0.3 is 0 Å². The van der Waals surface area contributed by atoms with Gasteiger partial charge in [0.05, 0.1) is 0 Å². The van der Waals surface area contributed by atoms with Crippen molar-refractivity contribution in [2.45, 2.75) is 39.5 Å². The molecule has 54 valence electrons. The first kappa shape index (κ1) is 6.99. The van der Waals surface area contributed by atoms with Gasteiger partial charge in [-0.3, -0.25) is 0 Å². The lowest BCUT2D eigenvalue weighted by Gasteiger charge is -2.45. The van der Waals surface area contributed by atoms with Crippen LogP contribution >= 0.6 is 0 Å². The van der Waals surface area contributed by atoms with Crippen molar-refractivity contribution in [3.8, 4) is 0 Å². The number of rotatable bonds is 1. The number of hydrogen-bond donors (Lipinski definition) is 0. The van der Waals surface area contributed by atoms with Crippen LogP contribution in [0.1, 0.15) is 27.7 Å². The molecular formula is C6H13NO2. The molecule has 1 aliphatic heterocycles. The van der Waals surface area contributed by atoms with Crippen LogP contribution in [-0.2, 0) is 9.88 Å². The molecule has 0 atom stereocenters. The molecule has 0 spiro atoms. The number of hydroxylamine groups is 2. The Hall–Kier alpha value is -0.120. The molecule has 0 bridgehead atoms. The van der Waals surface area contributed by atoms with E-state index in [0.717, 1.165) is 0 Å². The quantitative estimate of drug-likeness (QED) is 0.501. The second kappa shape index (κ2) is 1.94. The Kier molecular flexibility index (Phi) is 1.50. The van der Waals surface area contributed by atoms with Gasteiger partial charge in [0.25, 0.3) is 0 Å². The highest BCUT2D eigenvalue weighted by molar-refractivity contribution is 4.69. The molecule has 1 rings (SSSR count). The number of hydrogen-bond acceptors (Lipinski definition) is 3. The lowest BCUT2D eigenvalue weighted by Crippen LogP contribution is -2.59. The summed E-state index contributed by atoms with van der Waals surface area (Å²) in [4.78, 5) is 9.56. The largest absolute Gasteiger partial charge is 0.193 e. The number of nitrogens with zero attached hydrogens (tertiary/aromatic N) is 1. The summed E-state index contributed by atoms with van der Waals surface area (Å²) < 4.78 is 0. The Morgan fingerprint density at radius 1 is 1.33 bits per heavy atom. The molecular weight excluding hydrogens is 118 g/mol. The molecule has 9 heavy (non-hydrogen) atoms. The average molecular weight is 131 g/mol. The van der Waals surface area contributed by atoms with Gasteiger partial charge in [-0.25, -0.2) is 0 Å². The van der Waals surface area contributed by atoms with Gasteiger partial charge in [-0.05, 0) is 27.7 Å². The molecule has 1 heterocycles. The third-order valence-electron chi connectivity index (χ3n) is 1.32. The maximum absolute atomic E-state index is 4.82. The highest BCUT2D eigenvalue weighted by Crippen LogP contribution is 2.29. The zero-order valence-corrected chi connectivity index (χ0v) is 6.34. The molecule has 3 heteroatoms. The Bertz CT molecular complexity index is 112. The molecule has 0 saturated carbocycles. The summed E-state index contributed by atoms with van der Waals surface area (Å²) in [5.74, 6) is 0. The monoisotopic (exact) mass is 131 g/mol. The summed E-state index contributed by atoms with van der Waals surface area (Å²) in [5, 5.41) is 1.81. The molecule has 0 radical (unpaired) electrons. The minimum Gasteiger partial charge on any atom is -0.193 e. The van der Waals surface area contributed by atoms with E-state index in [4.69, 9.17) is 9.88 Å². The van der Waals surface area contributed by atoms with Crippen molar-refractivity contribution >= 4 is 0 Å². The Labute approximate surface area is 55.4 Å². The molecule has 0 aromatic heterocycles. The van der Waals surface area contributed by atoms with Crippen molar-refractivity contribution in [3.63, 3.8) is 0 Å². The minimum atomic E-state index is -0.228. The smallest absolute Gasteiger partial charge is 0.178 e. The van der Waals surface area contributed by atoms with Crippen molar-refractivity contribution in [1.82, 2.24) is 5.06 Å². The first-order valence-corrected chi connectivity index (χ1v) is 3.19. The highest BCUT2D eigenvalue weighted by atomic mass is 17.3. The van der Waals surface area contributed by atoms with E-state index in [2.05, 4.69) is 13.8 Å². The second-order valence-electron chi connectivity index (χ2n) is 3.02. The summed E-state index contributed by atoms with van der Waals surface area (Å²) in [5.41, 5.74) is -0.228. The van der Waals surface area contributed by atoms with Crippen LogP contribution in [0.5, 0.6) is 0 Å². The Morgan fingerprint density at radius 2 is 1.89 bits per heavy atom. The first-order valence-electron chi connectivity index (χ1n) is 3.19. The van der Waals surface area contributed by atoms with Crippen LogP contribution in [0.2, 0.25) is 0 Å². The Balaban J connectivity index is 2.45. The second-order valence-corrected chi connectivity index (χ2v) is 3.02. The van der Waals surface area contributed by atoms with Crippen molar-refractivity contribution in [2.24, 2.45) is 0 Å². The van der Waals surface area contributed by atoms with Gasteiger partial charge in [0.1, 0.15) is 0 Å². The van der Waals surface area contributed by atoms with Gasteiger partial charge in [-0.15, -0.1) is 10.1 Å². The molecule has 0 aliphatic carbocycles. The van der Waals surface area contributed by atoms with Crippen LogP contribution in [0.25, 0.3) is 0 Å². The van der Waals surface area contributed by atoms with E-state index in [9.17, 15) is 0 Å². The van der Waals surface area contributed by atoms with Gasteiger partial charge in [0, 0.05) is 6.04 Å². The Morgan fingerprint density at radius 3 is 1.89 bits per heavy atom. The predicted molar refractivity (Wildman–Crippen MR) is 33.2 cm³/mol. The molecule has 1 aliphatic rings. The maximum atomic E-state index is 4.82. The third-order valence-corrected chi connectivity index (χ3v) is 1.32. The molecule has 1 saturated heterocycles. The van der Waals surface area contributed by atoms with E-state index in [1.165, 1.54) is 0 Å². The molecule has 0 aromatic rings. The topological polar surface area (TPSA) is 21.7 Å². The summed E-state index contributed by atoms with van der Waals surface area (Å²) in [6, 6.07) is 0.383. The molecule has 0 amide bonds. The van der Waals surface area contributed by atoms with Crippen LogP contribution in [0.4, 0.5) is 0 Å². The van der Waals surface area contributed by atoms with Crippen LogP contribution < -0.4 is 0 Å². The maximum Gasteiger partial charge on any atom is 0.178 e. The van der Waals surface area contributed by atoms with Crippen LogP contribution in [-0.4, -0.2) is 16.8 Å². The van der Waals surface area contributed by atoms with Crippen LogP contribution in [0.15, 0.2) is 0 Å². The summed E-state index contributed by atoms with van der Waals surface area (Å²) >= 11 is 0. The van der Waals surface area contributed by atoms with Crippen molar-refractivity contribution in [2.75, 3.05) is 0 Å². The van der Waals surface area contributed by atoms with E-state index in [1.807, 2.05) is 18.9 Å². The van der Waals surface area contributed by atoms with E-state index >= 15 is 0 Å². The fourth-order valence-corrected chi connectivity index (χ4v) is 0.937. The van der Waals surface area contributed by atoms with Crippen LogP contribution in [0, 0.1) is 0 Å². The lowest BCUT2D eigenvalue weighted by atomic mass is 10.2. The fraction of sp³-hybridized carbons (Fsp3) is 1.00. The van der Waals surface area contributed by atoms with Crippen molar-refractivity contribution < 1.29 is 9.88 Å². The van der Waals surface area contributed by atoms with Gasteiger partial charge in [-0.2, -0.15) is 4.89 Å². The molecule has 1 fully saturated rings. The zero-order valence-electron chi connectivity index (χ0n) is 6.34. The van der Waals surface area contributed by atoms with E-state index in [1.54, 1.807) is 0 Å². The van der Waals surface area contributed by atoms with E-state index < -0.39 is 0 Å². The molecule has 0 unspecified atom stereocenters. The molecule has 0 N–H and O–H groups in total. The van der Waals surface area contributed by atoms with Crippen LogP contribution in [0.3, 0.4) is 0 Å². The van der Waals surface area contributed by atoms with Gasteiger partial charge in [0.15, 0.2) is 5.72 Å². The summed E-state index contributed by atoms with van der Waals surface area (Å²) in [7, 11) is 0. The van der Waals surface area contributed by atoms with E-state index in [-0.39, 0.29) is 5.72 Å². The average Bonchev–Trinajstić information content (AvgIpc) is 1.62. The first-order chi connectivity index (χ1) is 4.04. The van der Waals surface area contributed by atoms with Crippen molar-refractivity contribution in [1.29, 1.82) is 0 Å². The van der Waals surface area contributed by atoms with Crippen molar-refractivity contribution in [3.05, 3.63) is 0 Å². The third kappa shape index (κ3) is 1.08. The lowest BCUT2D eigenvalue weighted by molar-refractivity contribution is -0.635. The summed E-state index contributed by atoms with van der Waals surface area (Å²) in [6.07, 6.45) is 0.